The second kappa shape index (κ2) is 5.46. The summed E-state index contributed by atoms with van der Waals surface area (Å²) in [6.45, 7) is 2.95. The Balaban J connectivity index is 2.95. The molecule has 1 rings (SSSR count). The van der Waals surface area contributed by atoms with Crippen molar-refractivity contribution in [1.82, 2.24) is 0 Å². The molecule has 7 heteroatoms. The van der Waals surface area contributed by atoms with Gasteiger partial charge in [0.05, 0.1) is 11.5 Å². The monoisotopic (exact) mass is 279 g/mol. The predicted octanol–water partition coefficient (Wildman–Crippen LogP) is 3.37. The average molecular weight is 279 g/mol. The van der Waals surface area contributed by atoms with Crippen LogP contribution in [0.3, 0.4) is 0 Å². The first-order valence-corrected chi connectivity index (χ1v) is 5.49. The number of rotatable bonds is 4. The van der Waals surface area contributed by atoms with Crippen LogP contribution in [0.5, 0.6) is 0 Å². The number of aliphatic carboxylic acids is 1. The van der Waals surface area contributed by atoms with Crippen molar-refractivity contribution in [3.8, 4) is 0 Å². The van der Waals surface area contributed by atoms with E-state index in [0.717, 1.165) is 6.07 Å². The molecule has 2 N–H and O–H groups in total. The SMILES string of the molecule is CC(Nc1ccc(F)c(C(F)(F)F)c1)C(C)C(=O)O. The van der Waals surface area contributed by atoms with Crippen molar-refractivity contribution in [1.29, 1.82) is 0 Å². The molecule has 0 aliphatic heterocycles. The van der Waals surface area contributed by atoms with E-state index in [9.17, 15) is 22.4 Å². The Labute approximate surface area is 107 Å². The van der Waals surface area contributed by atoms with Gasteiger partial charge < -0.3 is 10.4 Å². The summed E-state index contributed by atoms with van der Waals surface area (Å²) >= 11 is 0. The van der Waals surface area contributed by atoms with E-state index in [1.54, 1.807) is 0 Å². The molecule has 0 aliphatic rings. The Kier molecular flexibility index (Phi) is 4.39. The zero-order chi connectivity index (χ0) is 14.8. The average Bonchev–Trinajstić information content (AvgIpc) is 2.28. The molecule has 0 saturated heterocycles. The van der Waals surface area contributed by atoms with Gasteiger partial charge >= 0.3 is 12.1 Å². The van der Waals surface area contributed by atoms with Crippen molar-refractivity contribution in [3.05, 3.63) is 29.6 Å². The van der Waals surface area contributed by atoms with Gasteiger partial charge in [0.15, 0.2) is 0 Å². The highest BCUT2D eigenvalue weighted by Gasteiger charge is 2.34. The van der Waals surface area contributed by atoms with E-state index in [1.807, 2.05) is 0 Å². The van der Waals surface area contributed by atoms with Gasteiger partial charge in [0, 0.05) is 11.7 Å². The van der Waals surface area contributed by atoms with Crippen LogP contribution in [-0.2, 0) is 11.0 Å². The Morgan fingerprint density at radius 2 is 1.89 bits per heavy atom. The topological polar surface area (TPSA) is 49.3 Å². The zero-order valence-electron chi connectivity index (χ0n) is 10.3. The number of alkyl halides is 3. The molecule has 0 aliphatic carbocycles. The minimum absolute atomic E-state index is 0.0225. The van der Waals surface area contributed by atoms with Crippen LogP contribution in [0.25, 0.3) is 0 Å². The standard InChI is InChI=1S/C12H13F4NO2/c1-6(11(18)19)7(2)17-8-3-4-10(13)9(5-8)12(14,15)16/h3-7,17H,1-2H3,(H,18,19). The van der Waals surface area contributed by atoms with E-state index >= 15 is 0 Å². The molecule has 2 atom stereocenters. The van der Waals surface area contributed by atoms with E-state index in [1.165, 1.54) is 13.8 Å². The summed E-state index contributed by atoms with van der Waals surface area (Å²) in [7, 11) is 0. The summed E-state index contributed by atoms with van der Waals surface area (Å²) in [4.78, 5) is 10.7. The lowest BCUT2D eigenvalue weighted by atomic mass is 10.0. The third-order valence-electron chi connectivity index (χ3n) is 2.81. The third-order valence-corrected chi connectivity index (χ3v) is 2.81. The number of halogens is 4. The number of carbonyl (C=O) groups is 1. The molecule has 0 saturated carbocycles. The molecule has 0 heterocycles. The van der Waals surface area contributed by atoms with Crippen molar-refractivity contribution in [2.75, 3.05) is 5.32 Å². The van der Waals surface area contributed by atoms with Crippen LogP contribution in [0.2, 0.25) is 0 Å². The summed E-state index contributed by atoms with van der Waals surface area (Å²) in [6, 6.07) is 1.86. The third kappa shape index (κ3) is 3.84. The summed E-state index contributed by atoms with van der Waals surface area (Å²) in [5.41, 5.74) is -1.36. The normalized spacial score (nSPS) is 14.8. The van der Waals surface area contributed by atoms with Crippen molar-refractivity contribution in [2.24, 2.45) is 5.92 Å². The van der Waals surface area contributed by atoms with E-state index in [4.69, 9.17) is 5.11 Å². The molecule has 0 spiro atoms. The molecule has 0 aromatic heterocycles. The van der Waals surface area contributed by atoms with E-state index < -0.39 is 35.5 Å². The molecular weight excluding hydrogens is 266 g/mol. The quantitative estimate of drug-likeness (QED) is 0.831. The van der Waals surface area contributed by atoms with Gasteiger partial charge in [-0.25, -0.2) is 4.39 Å². The molecule has 2 unspecified atom stereocenters. The molecule has 1 aromatic carbocycles. The predicted molar refractivity (Wildman–Crippen MR) is 61.3 cm³/mol. The second-order valence-electron chi connectivity index (χ2n) is 4.25. The van der Waals surface area contributed by atoms with Gasteiger partial charge in [-0.2, -0.15) is 13.2 Å². The molecule has 0 amide bonds. The van der Waals surface area contributed by atoms with Gasteiger partial charge in [-0.1, -0.05) is 0 Å². The molecule has 0 radical (unpaired) electrons. The Bertz CT molecular complexity index is 473. The summed E-state index contributed by atoms with van der Waals surface area (Å²) in [5.74, 6) is -3.23. The highest BCUT2D eigenvalue weighted by atomic mass is 19.4. The zero-order valence-corrected chi connectivity index (χ0v) is 10.3. The number of carboxylic acid groups (broad SMARTS) is 1. The van der Waals surface area contributed by atoms with Crippen molar-refractivity contribution >= 4 is 11.7 Å². The number of carboxylic acids is 1. The summed E-state index contributed by atoms with van der Waals surface area (Å²) in [6.07, 6.45) is -4.79. The Morgan fingerprint density at radius 1 is 1.32 bits per heavy atom. The Hall–Kier alpha value is -1.79. The molecule has 1 aromatic rings. The Morgan fingerprint density at radius 3 is 2.37 bits per heavy atom. The van der Waals surface area contributed by atoms with Gasteiger partial charge in [-0.3, -0.25) is 4.79 Å². The van der Waals surface area contributed by atoms with Gasteiger partial charge in [0.2, 0.25) is 0 Å². The smallest absolute Gasteiger partial charge is 0.419 e. The summed E-state index contributed by atoms with van der Waals surface area (Å²) in [5, 5.41) is 11.4. The van der Waals surface area contributed by atoms with E-state index in [2.05, 4.69) is 5.32 Å². The molecule has 19 heavy (non-hydrogen) atoms. The first-order valence-electron chi connectivity index (χ1n) is 5.49. The van der Waals surface area contributed by atoms with E-state index in [-0.39, 0.29) is 5.69 Å². The fourth-order valence-corrected chi connectivity index (χ4v) is 1.43. The first-order chi connectivity index (χ1) is 8.62. The van der Waals surface area contributed by atoms with Crippen molar-refractivity contribution in [3.63, 3.8) is 0 Å². The van der Waals surface area contributed by atoms with Gasteiger partial charge in [-0.05, 0) is 32.0 Å². The fraction of sp³-hybridized carbons (Fsp3) is 0.417. The minimum Gasteiger partial charge on any atom is -0.481 e. The van der Waals surface area contributed by atoms with Crippen LogP contribution in [0.15, 0.2) is 18.2 Å². The van der Waals surface area contributed by atoms with Crippen molar-refractivity contribution < 1.29 is 27.5 Å². The number of anilines is 1. The molecule has 106 valence electrons. The number of nitrogens with one attached hydrogen (secondary N) is 1. The second-order valence-corrected chi connectivity index (χ2v) is 4.25. The maximum atomic E-state index is 13.0. The number of hydrogen-bond donors (Lipinski definition) is 2. The van der Waals surface area contributed by atoms with Crippen LogP contribution in [0, 0.1) is 11.7 Å². The van der Waals surface area contributed by atoms with Crippen LogP contribution < -0.4 is 5.32 Å². The van der Waals surface area contributed by atoms with Gasteiger partial charge in [0.1, 0.15) is 5.82 Å². The lowest BCUT2D eigenvalue weighted by molar-refractivity contribution is -0.142. The molecular formula is C12H13F4NO2. The first kappa shape index (κ1) is 15.3. The molecule has 3 nitrogen and oxygen atoms in total. The van der Waals surface area contributed by atoms with Crippen LogP contribution in [-0.4, -0.2) is 17.1 Å². The largest absolute Gasteiger partial charge is 0.481 e. The highest BCUT2D eigenvalue weighted by Crippen LogP contribution is 2.33. The summed E-state index contributed by atoms with van der Waals surface area (Å²) < 4.78 is 50.5. The van der Waals surface area contributed by atoms with Crippen LogP contribution in [0.1, 0.15) is 19.4 Å². The van der Waals surface area contributed by atoms with Gasteiger partial charge in [-0.15, -0.1) is 0 Å². The van der Waals surface area contributed by atoms with Crippen molar-refractivity contribution in [2.45, 2.75) is 26.1 Å². The molecule has 0 fully saturated rings. The lowest BCUT2D eigenvalue weighted by Gasteiger charge is -2.20. The van der Waals surface area contributed by atoms with Crippen LogP contribution >= 0.6 is 0 Å². The maximum absolute atomic E-state index is 13.0. The maximum Gasteiger partial charge on any atom is 0.419 e. The van der Waals surface area contributed by atoms with Gasteiger partial charge in [0.25, 0.3) is 0 Å². The number of hydrogen-bond acceptors (Lipinski definition) is 2. The fourth-order valence-electron chi connectivity index (χ4n) is 1.43. The lowest BCUT2D eigenvalue weighted by Crippen LogP contribution is -2.29. The molecule has 0 bridgehead atoms. The highest BCUT2D eigenvalue weighted by molar-refractivity contribution is 5.71. The van der Waals surface area contributed by atoms with E-state index in [0.29, 0.717) is 12.1 Å². The number of benzene rings is 1. The van der Waals surface area contributed by atoms with Crippen LogP contribution in [0.4, 0.5) is 23.2 Å². The minimum atomic E-state index is -4.79.